The van der Waals surface area contributed by atoms with Crippen molar-refractivity contribution in [3.8, 4) is 0 Å². The number of hydrogen-bond donors (Lipinski definition) is 3. The van der Waals surface area contributed by atoms with Crippen molar-refractivity contribution >= 4 is 17.8 Å². The van der Waals surface area contributed by atoms with Gasteiger partial charge in [-0.1, -0.05) is 12.8 Å². The normalized spacial score (nSPS) is 27.1. The Morgan fingerprint density at radius 2 is 2.00 bits per heavy atom. The quantitative estimate of drug-likeness (QED) is 0.347. The Balaban J connectivity index is 1.88. The van der Waals surface area contributed by atoms with Crippen molar-refractivity contribution in [3.05, 3.63) is 0 Å². The Morgan fingerprint density at radius 3 is 2.65 bits per heavy atom. The largest absolute Gasteiger partial charge is 0.370 e. The molecule has 0 spiro atoms. The van der Waals surface area contributed by atoms with Gasteiger partial charge in [0.2, 0.25) is 5.91 Å². The molecule has 6 nitrogen and oxygen atoms in total. The van der Waals surface area contributed by atoms with E-state index in [1.807, 2.05) is 0 Å². The van der Waals surface area contributed by atoms with Crippen LogP contribution in [-0.4, -0.2) is 29.9 Å². The van der Waals surface area contributed by atoms with E-state index in [1.165, 1.54) is 12.8 Å². The topological polar surface area (TPSA) is 96.6 Å². The number of hydrogen-bond acceptors (Lipinski definition) is 3. The lowest BCUT2D eigenvalue weighted by Gasteiger charge is -2.19. The summed E-state index contributed by atoms with van der Waals surface area (Å²) < 4.78 is 0. The average Bonchev–Trinajstić information content (AvgIpc) is 2.75. The van der Waals surface area contributed by atoms with Crippen molar-refractivity contribution < 1.29 is 9.59 Å². The molecule has 1 aliphatic carbocycles. The van der Waals surface area contributed by atoms with Crippen molar-refractivity contribution in [2.45, 2.75) is 50.6 Å². The van der Waals surface area contributed by atoms with E-state index in [9.17, 15) is 9.59 Å². The number of guanidine groups is 1. The number of imide groups is 1. The maximum atomic E-state index is 11.5. The van der Waals surface area contributed by atoms with E-state index >= 15 is 0 Å². The number of nitrogens with two attached hydrogens (primary N) is 1. The van der Waals surface area contributed by atoms with Gasteiger partial charge < -0.3 is 11.1 Å². The first-order valence-corrected chi connectivity index (χ1v) is 6.08. The molecule has 2 rings (SSSR count). The van der Waals surface area contributed by atoms with E-state index in [2.05, 4.69) is 15.6 Å². The molecule has 0 radical (unpaired) electrons. The van der Waals surface area contributed by atoms with Crippen LogP contribution < -0.4 is 16.4 Å². The summed E-state index contributed by atoms with van der Waals surface area (Å²) >= 11 is 0. The number of nitrogens with one attached hydrogen (secondary N) is 2. The molecule has 2 fully saturated rings. The van der Waals surface area contributed by atoms with Gasteiger partial charge in [-0.15, -0.1) is 0 Å². The lowest BCUT2D eigenvalue weighted by atomic mass is 10.1. The fraction of sp³-hybridized carbons (Fsp3) is 0.727. The van der Waals surface area contributed by atoms with Gasteiger partial charge in [0.05, 0.1) is 0 Å². The van der Waals surface area contributed by atoms with Gasteiger partial charge in [0.1, 0.15) is 6.04 Å². The molecule has 0 aromatic carbocycles. The fourth-order valence-corrected chi connectivity index (χ4v) is 2.29. The van der Waals surface area contributed by atoms with Gasteiger partial charge >= 0.3 is 0 Å². The number of piperidine rings is 1. The van der Waals surface area contributed by atoms with Gasteiger partial charge in [-0.2, -0.15) is 0 Å². The van der Waals surface area contributed by atoms with Crippen LogP contribution in [0.3, 0.4) is 0 Å². The number of aliphatic imine (C=N–C) groups is 1. The van der Waals surface area contributed by atoms with E-state index in [0.717, 1.165) is 12.8 Å². The summed E-state index contributed by atoms with van der Waals surface area (Å²) in [7, 11) is 0. The molecule has 0 aromatic rings. The molecule has 6 heteroatoms. The zero-order valence-corrected chi connectivity index (χ0v) is 9.74. The molecule has 1 heterocycles. The number of rotatable bonds is 2. The highest BCUT2D eigenvalue weighted by molar-refractivity contribution is 6.01. The van der Waals surface area contributed by atoms with Crippen LogP contribution in [0.5, 0.6) is 0 Å². The molecule has 1 saturated heterocycles. The van der Waals surface area contributed by atoms with Crippen LogP contribution in [0.2, 0.25) is 0 Å². The van der Waals surface area contributed by atoms with Gasteiger partial charge in [0, 0.05) is 12.5 Å². The van der Waals surface area contributed by atoms with Crippen LogP contribution in [-0.2, 0) is 9.59 Å². The second kappa shape index (κ2) is 5.16. The SMILES string of the molecule is NC(=NC1CCC(=O)NC1=O)NC1CCCC1. The Kier molecular flexibility index (Phi) is 3.61. The molecule has 2 amide bonds. The molecule has 4 N–H and O–H groups in total. The second-order valence-corrected chi connectivity index (χ2v) is 4.61. The Bertz CT molecular complexity index is 347. The highest BCUT2D eigenvalue weighted by atomic mass is 16.2. The van der Waals surface area contributed by atoms with Crippen LogP contribution in [0.1, 0.15) is 38.5 Å². The molecule has 1 unspecified atom stereocenters. The molecule has 0 bridgehead atoms. The third-order valence-electron chi connectivity index (χ3n) is 3.21. The second-order valence-electron chi connectivity index (χ2n) is 4.61. The van der Waals surface area contributed by atoms with Gasteiger partial charge in [-0.25, -0.2) is 4.99 Å². The fourth-order valence-electron chi connectivity index (χ4n) is 2.29. The van der Waals surface area contributed by atoms with Crippen molar-refractivity contribution in [1.82, 2.24) is 10.6 Å². The highest BCUT2D eigenvalue weighted by Gasteiger charge is 2.26. The maximum absolute atomic E-state index is 11.5. The van der Waals surface area contributed by atoms with Gasteiger partial charge in [-0.05, 0) is 19.3 Å². The van der Waals surface area contributed by atoms with Crippen LogP contribution in [0.25, 0.3) is 0 Å². The highest BCUT2D eigenvalue weighted by Crippen LogP contribution is 2.17. The lowest BCUT2D eigenvalue weighted by molar-refractivity contribution is -0.133. The van der Waals surface area contributed by atoms with Gasteiger partial charge in [-0.3, -0.25) is 14.9 Å². The number of nitrogens with zero attached hydrogens (tertiary/aromatic N) is 1. The molecular formula is C11H18N4O2. The minimum atomic E-state index is -0.526. The monoisotopic (exact) mass is 238 g/mol. The van der Waals surface area contributed by atoms with Gasteiger partial charge in [0.15, 0.2) is 5.96 Å². The molecule has 2 aliphatic rings. The standard InChI is InChI=1S/C11H18N4O2/c12-11(13-7-3-1-2-4-7)14-8-5-6-9(16)15-10(8)17/h7-8H,1-6H2,(H3,12,13,14)(H,15,16,17). The first kappa shape index (κ1) is 11.9. The maximum Gasteiger partial charge on any atom is 0.251 e. The number of amides is 2. The summed E-state index contributed by atoms with van der Waals surface area (Å²) in [5.41, 5.74) is 5.76. The van der Waals surface area contributed by atoms with Crippen LogP contribution >= 0.6 is 0 Å². The van der Waals surface area contributed by atoms with E-state index in [4.69, 9.17) is 5.73 Å². The summed E-state index contributed by atoms with van der Waals surface area (Å²) in [6.07, 6.45) is 5.40. The van der Waals surface area contributed by atoms with E-state index in [1.54, 1.807) is 0 Å². The Morgan fingerprint density at radius 1 is 1.29 bits per heavy atom. The predicted molar refractivity (Wildman–Crippen MR) is 63.2 cm³/mol. The molecule has 1 saturated carbocycles. The third-order valence-corrected chi connectivity index (χ3v) is 3.21. The smallest absolute Gasteiger partial charge is 0.251 e. The third kappa shape index (κ3) is 3.18. The van der Waals surface area contributed by atoms with E-state index < -0.39 is 6.04 Å². The summed E-state index contributed by atoms with van der Waals surface area (Å²) in [6.45, 7) is 0. The summed E-state index contributed by atoms with van der Waals surface area (Å²) in [4.78, 5) is 26.5. The first-order chi connectivity index (χ1) is 8.15. The van der Waals surface area contributed by atoms with E-state index in [0.29, 0.717) is 24.8 Å². The summed E-state index contributed by atoms with van der Waals surface area (Å²) in [5.74, 6) is -0.271. The zero-order valence-electron chi connectivity index (χ0n) is 9.74. The van der Waals surface area contributed by atoms with Crippen LogP contribution in [0.4, 0.5) is 0 Å². The Labute approximate surface area is 100 Å². The molecule has 94 valence electrons. The summed E-state index contributed by atoms with van der Waals surface area (Å²) in [6, 6.07) is -0.145. The minimum absolute atomic E-state index is 0.233. The minimum Gasteiger partial charge on any atom is -0.370 e. The Hall–Kier alpha value is -1.59. The number of carbonyl (C=O) groups excluding carboxylic acids is 2. The number of carbonyl (C=O) groups is 2. The summed E-state index contributed by atoms with van der Waals surface area (Å²) in [5, 5.41) is 5.38. The van der Waals surface area contributed by atoms with Crippen molar-refractivity contribution in [1.29, 1.82) is 0 Å². The molecule has 0 aromatic heterocycles. The lowest BCUT2D eigenvalue weighted by Crippen LogP contribution is -2.46. The van der Waals surface area contributed by atoms with Crippen LogP contribution in [0, 0.1) is 0 Å². The molecule has 17 heavy (non-hydrogen) atoms. The van der Waals surface area contributed by atoms with Crippen molar-refractivity contribution in [2.75, 3.05) is 0 Å². The average molecular weight is 238 g/mol. The van der Waals surface area contributed by atoms with E-state index in [-0.39, 0.29) is 11.8 Å². The molecular weight excluding hydrogens is 220 g/mol. The van der Waals surface area contributed by atoms with Crippen molar-refractivity contribution in [3.63, 3.8) is 0 Å². The zero-order chi connectivity index (χ0) is 12.3. The predicted octanol–water partition coefficient (Wildman–Crippen LogP) is -0.361. The van der Waals surface area contributed by atoms with Gasteiger partial charge in [0.25, 0.3) is 5.91 Å². The molecule has 1 aliphatic heterocycles. The van der Waals surface area contributed by atoms with Crippen LogP contribution in [0.15, 0.2) is 4.99 Å². The molecule has 1 atom stereocenters. The van der Waals surface area contributed by atoms with Crippen molar-refractivity contribution in [2.24, 2.45) is 10.7 Å². The first-order valence-electron chi connectivity index (χ1n) is 6.08.